The highest BCUT2D eigenvalue weighted by Crippen LogP contribution is 2.33. The number of ether oxygens (including phenoxy) is 1. The highest BCUT2D eigenvalue weighted by molar-refractivity contribution is 7.89. The lowest BCUT2D eigenvalue weighted by molar-refractivity contribution is 0.263. The van der Waals surface area contributed by atoms with Crippen LogP contribution in [-0.2, 0) is 16.6 Å². The van der Waals surface area contributed by atoms with Gasteiger partial charge in [0.1, 0.15) is 18.4 Å². The van der Waals surface area contributed by atoms with Gasteiger partial charge in [0, 0.05) is 12.0 Å². The molecule has 0 amide bonds. The molecule has 0 bridgehead atoms. The predicted molar refractivity (Wildman–Crippen MR) is 95.2 cm³/mol. The number of nitrogens with zero attached hydrogens (tertiary/aromatic N) is 3. The van der Waals surface area contributed by atoms with Crippen LogP contribution in [0.5, 0.6) is 5.75 Å². The van der Waals surface area contributed by atoms with Crippen LogP contribution in [0, 0.1) is 0 Å². The Bertz CT molecular complexity index is 1000. The predicted octanol–water partition coefficient (Wildman–Crippen LogP) is 2.13. The largest absolute Gasteiger partial charge is 0.493 e. The average Bonchev–Trinajstić information content (AvgIpc) is 3.15. The molecule has 0 aliphatic carbocycles. The van der Waals surface area contributed by atoms with Crippen molar-refractivity contribution in [3.8, 4) is 5.75 Å². The second kappa shape index (κ2) is 6.89. The number of sulfonamides is 1. The molecule has 0 spiro atoms. The summed E-state index contributed by atoms with van der Waals surface area (Å²) < 4.78 is 36.2. The van der Waals surface area contributed by atoms with Crippen molar-refractivity contribution in [1.29, 1.82) is 0 Å². The quantitative estimate of drug-likeness (QED) is 0.744. The fourth-order valence-corrected chi connectivity index (χ4v) is 4.58. The van der Waals surface area contributed by atoms with Crippen molar-refractivity contribution in [3.63, 3.8) is 0 Å². The van der Waals surface area contributed by atoms with Gasteiger partial charge < -0.3 is 4.74 Å². The molecule has 26 heavy (non-hydrogen) atoms. The van der Waals surface area contributed by atoms with E-state index in [1.807, 2.05) is 30.3 Å². The van der Waals surface area contributed by atoms with E-state index >= 15 is 0 Å². The van der Waals surface area contributed by atoms with Gasteiger partial charge in [0.25, 0.3) is 0 Å². The first kappa shape index (κ1) is 16.7. The minimum Gasteiger partial charge on any atom is -0.493 e. The summed E-state index contributed by atoms with van der Waals surface area (Å²) in [4.78, 5) is 4.15. The van der Waals surface area contributed by atoms with E-state index in [0.717, 1.165) is 11.3 Å². The van der Waals surface area contributed by atoms with Crippen LogP contribution in [0.1, 0.15) is 23.6 Å². The van der Waals surface area contributed by atoms with Crippen LogP contribution >= 0.6 is 0 Å². The third-order valence-electron chi connectivity index (χ3n) is 4.32. The molecule has 3 aromatic rings. The van der Waals surface area contributed by atoms with Gasteiger partial charge in [0.2, 0.25) is 10.0 Å². The molecule has 2 aromatic carbocycles. The molecule has 0 fully saturated rings. The summed E-state index contributed by atoms with van der Waals surface area (Å²) in [5, 5.41) is 4.05. The van der Waals surface area contributed by atoms with Crippen LogP contribution < -0.4 is 9.46 Å². The first-order chi connectivity index (χ1) is 12.6. The molecule has 134 valence electrons. The Morgan fingerprint density at radius 2 is 1.96 bits per heavy atom. The molecule has 1 aliphatic rings. The van der Waals surface area contributed by atoms with E-state index < -0.39 is 10.0 Å². The van der Waals surface area contributed by atoms with Gasteiger partial charge in [-0.1, -0.05) is 36.4 Å². The van der Waals surface area contributed by atoms with Gasteiger partial charge in [-0.05, 0) is 17.7 Å². The standard InChI is InChI=1S/C18H18N4O3S/c23-26(24,21-16-9-10-25-17-7-3-2-6-15(16)17)18-8-4-1-5-14(18)11-22-13-19-12-20-22/h1-8,12-13,16,21H,9-11H2/t16-/m0/s1. The van der Waals surface area contributed by atoms with Crippen molar-refractivity contribution in [1.82, 2.24) is 19.5 Å². The number of hydrogen-bond donors (Lipinski definition) is 1. The molecular weight excluding hydrogens is 352 g/mol. The average molecular weight is 370 g/mol. The first-order valence-electron chi connectivity index (χ1n) is 8.28. The van der Waals surface area contributed by atoms with Crippen LogP contribution in [0.2, 0.25) is 0 Å². The number of hydrogen-bond acceptors (Lipinski definition) is 5. The number of nitrogens with one attached hydrogen (secondary N) is 1. The lowest BCUT2D eigenvalue weighted by Gasteiger charge is -2.26. The van der Waals surface area contributed by atoms with Crippen molar-refractivity contribution in [2.45, 2.75) is 23.9 Å². The van der Waals surface area contributed by atoms with Crippen LogP contribution in [0.15, 0.2) is 66.1 Å². The summed E-state index contributed by atoms with van der Waals surface area (Å²) in [6.45, 7) is 0.812. The Balaban J connectivity index is 1.64. The van der Waals surface area contributed by atoms with E-state index in [1.54, 1.807) is 29.2 Å². The highest BCUT2D eigenvalue weighted by Gasteiger charge is 2.27. The number of aromatic nitrogens is 3. The lowest BCUT2D eigenvalue weighted by atomic mass is 10.0. The maximum atomic E-state index is 13.1. The molecule has 8 heteroatoms. The molecule has 0 radical (unpaired) electrons. The van der Waals surface area contributed by atoms with Crippen LogP contribution in [0.25, 0.3) is 0 Å². The lowest BCUT2D eigenvalue weighted by Crippen LogP contribution is -2.32. The van der Waals surface area contributed by atoms with Gasteiger partial charge >= 0.3 is 0 Å². The van der Waals surface area contributed by atoms with E-state index in [9.17, 15) is 8.42 Å². The van der Waals surface area contributed by atoms with Crippen molar-refractivity contribution >= 4 is 10.0 Å². The monoisotopic (exact) mass is 370 g/mol. The minimum atomic E-state index is -3.70. The molecule has 0 saturated carbocycles. The maximum Gasteiger partial charge on any atom is 0.241 e. The molecule has 1 atom stereocenters. The number of para-hydroxylation sites is 1. The summed E-state index contributed by atoms with van der Waals surface area (Å²) >= 11 is 0. The molecule has 0 saturated heterocycles. The van der Waals surface area contributed by atoms with Crippen molar-refractivity contribution < 1.29 is 13.2 Å². The summed E-state index contributed by atoms with van der Waals surface area (Å²) in [5.41, 5.74) is 1.52. The zero-order valence-corrected chi connectivity index (χ0v) is 14.8. The second-order valence-electron chi connectivity index (χ2n) is 6.05. The van der Waals surface area contributed by atoms with Gasteiger partial charge in [-0.2, -0.15) is 5.10 Å². The zero-order chi connectivity index (χ0) is 18.0. The molecule has 0 unspecified atom stereocenters. The Morgan fingerprint density at radius 1 is 1.15 bits per heavy atom. The van der Waals surface area contributed by atoms with E-state index in [1.165, 1.54) is 6.33 Å². The Labute approximate surface area is 151 Å². The smallest absolute Gasteiger partial charge is 0.241 e. The number of rotatable bonds is 5. The number of fused-ring (bicyclic) bond motifs is 1. The first-order valence-corrected chi connectivity index (χ1v) is 9.76. The molecule has 1 aromatic heterocycles. The van der Waals surface area contributed by atoms with E-state index in [4.69, 9.17) is 4.74 Å². The molecule has 1 N–H and O–H groups in total. The fourth-order valence-electron chi connectivity index (χ4n) is 3.10. The van der Waals surface area contributed by atoms with Crippen molar-refractivity contribution in [2.75, 3.05) is 6.61 Å². The SMILES string of the molecule is O=S(=O)(N[C@H]1CCOc2ccccc21)c1ccccc1Cn1cncn1. The normalized spacial score (nSPS) is 16.7. The summed E-state index contributed by atoms with van der Waals surface area (Å²) in [6, 6.07) is 14.1. The molecule has 2 heterocycles. The third-order valence-corrected chi connectivity index (χ3v) is 5.89. The number of benzene rings is 2. The summed E-state index contributed by atoms with van der Waals surface area (Å²) in [6.07, 6.45) is 3.57. The van der Waals surface area contributed by atoms with E-state index in [2.05, 4.69) is 14.8 Å². The van der Waals surface area contributed by atoms with Crippen molar-refractivity contribution in [2.24, 2.45) is 0 Å². The fraction of sp³-hybridized carbons (Fsp3) is 0.222. The second-order valence-corrected chi connectivity index (χ2v) is 7.73. The highest BCUT2D eigenvalue weighted by atomic mass is 32.2. The molecule has 1 aliphatic heterocycles. The van der Waals surface area contributed by atoms with Crippen LogP contribution in [-0.4, -0.2) is 29.8 Å². The maximum absolute atomic E-state index is 13.1. The van der Waals surface area contributed by atoms with Crippen LogP contribution in [0.3, 0.4) is 0 Å². The van der Waals surface area contributed by atoms with Crippen LogP contribution in [0.4, 0.5) is 0 Å². The van der Waals surface area contributed by atoms with Gasteiger partial charge in [-0.15, -0.1) is 0 Å². The molecule has 4 rings (SSSR count). The van der Waals surface area contributed by atoms with Gasteiger partial charge in [-0.3, -0.25) is 0 Å². The van der Waals surface area contributed by atoms with E-state index in [0.29, 0.717) is 25.1 Å². The van der Waals surface area contributed by atoms with Crippen molar-refractivity contribution in [3.05, 3.63) is 72.3 Å². The zero-order valence-electron chi connectivity index (χ0n) is 13.9. The third kappa shape index (κ3) is 3.33. The molecule has 7 nitrogen and oxygen atoms in total. The van der Waals surface area contributed by atoms with Gasteiger partial charge in [-0.25, -0.2) is 22.8 Å². The topological polar surface area (TPSA) is 86.1 Å². The molecular formula is C18H18N4O3S. The Hall–Kier alpha value is -2.71. The Kier molecular flexibility index (Phi) is 4.44. The summed E-state index contributed by atoms with van der Waals surface area (Å²) in [5.74, 6) is 0.724. The van der Waals surface area contributed by atoms with Gasteiger partial charge in [0.05, 0.1) is 24.1 Å². The Morgan fingerprint density at radius 3 is 2.81 bits per heavy atom. The summed E-state index contributed by atoms with van der Waals surface area (Å²) in [7, 11) is -3.70. The van der Waals surface area contributed by atoms with E-state index in [-0.39, 0.29) is 10.9 Å². The minimum absolute atomic E-state index is 0.250. The van der Waals surface area contributed by atoms with Gasteiger partial charge in [0.15, 0.2) is 0 Å².